The zero-order chi connectivity index (χ0) is 14.8. The summed E-state index contributed by atoms with van der Waals surface area (Å²) in [5, 5.41) is 0. The van der Waals surface area contributed by atoms with Crippen LogP contribution in [0.25, 0.3) is 0 Å². The van der Waals surface area contributed by atoms with E-state index in [1.807, 2.05) is 0 Å². The minimum atomic E-state index is -3.45. The smallest absolute Gasteiger partial charge is 0.237 e. The van der Waals surface area contributed by atoms with Crippen LogP contribution in [-0.4, -0.2) is 44.1 Å². The first-order valence-electron chi connectivity index (χ1n) is 6.34. The van der Waals surface area contributed by atoms with Crippen molar-refractivity contribution >= 4 is 31.7 Å². The largest absolute Gasteiger partial charge is 0.340 e. The second kappa shape index (κ2) is 6.24. The highest BCUT2D eigenvalue weighted by Crippen LogP contribution is 2.14. The molecule has 1 aliphatic heterocycles. The summed E-state index contributed by atoms with van der Waals surface area (Å²) in [6.45, 7) is 1.00. The quantitative estimate of drug-likeness (QED) is 0.865. The van der Waals surface area contributed by atoms with Crippen molar-refractivity contribution in [2.75, 3.05) is 18.8 Å². The number of carbonyl (C=O) groups is 1. The van der Waals surface area contributed by atoms with Crippen molar-refractivity contribution in [3.63, 3.8) is 0 Å². The van der Waals surface area contributed by atoms with Gasteiger partial charge in [-0.3, -0.25) is 4.79 Å². The number of nitrogens with two attached hydrogens (primary N) is 1. The van der Waals surface area contributed by atoms with Crippen molar-refractivity contribution < 1.29 is 13.2 Å². The van der Waals surface area contributed by atoms with Crippen LogP contribution >= 0.6 is 15.9 Å². The first-order valence-corrected chi connectivity index (χ1v) is 8.95. The molecule has 0 spiro atoms. The number of rotatable bonds is 4. The van der Waals surface area contributed by atoms with Crippen molar-refractivity contribution in [1.82, 2.24) is 4.90 Å². The number of halogens is 1. The Morgan fingerprint density at radius 3 is 2.55 bits per heavy atom. The molecule has 0 radical (unpaired) electrons. The Kier molecular flexibility index (Phi) is 4.82. The lowest BCUT2D eigenvalue weighted by Crippen LogP contribution is -2.36. The molecule has 1 fully saturated rings. The van der Waals surface area contributed by atoms with E-state index in [1.165, 1.54) is 4.90 Å². The Hall–Kier alpha value is -0.920. The van der Waals surface area contributed by atoms with E-state index in [0.29, 0.717) is 18.7 Å². The summed E-state index contributed by atoms with van der Waals surface area (Å²) in [5.74, 6) is -0.920. The van der Waals surface area contributed by atoms with Gasteiger partial charge in [-0.05, 0) is 24.1 Å². The summed E-state index contributed by atoms with van der Waals surface area (Å²) in [7, 11) is -3.45. The van der Waals surface area contributed by atoms with E-state index in [4.69, 9.17) is 5.73 Å². The Morgan fingerprint density at radius 1 is 1.35 bits per heavy atom. The highest BCUT2D eigenvalue weighted by molar-refractivity contribution is 9.10. The van der Waals surface area contributed by atoms with Crippen LogP contribution in [0, 0.1) is 0 Å². The van der Waals surface area contributed by atoms with E-state index >= 15 is 0 Å². The normalized spacial score (nSPS) is 19.3. The molecule has 110 valence electrons. The molecule has 1 aliphatic rings. The number of hydrogen-bond donors (Lipinski definition) is 1. The molecule has 1 atom stereocenters. The van der Waals surface area contributed by atoms with E-state index in [-0.39, 0.29) is 17.7 Å². The Bertz CT molecular complexity index is 586. The fraction of sp³-hybridized carbons (Fsp3) is 0.462. The van der Waals surface area contributed by atoms with Gasteiger partial charge in [0.1, 0.15) is 5.75 Å². The fourth-order valence-electron chi connectivity index (χ4n) is 2.18. The van der Waals surface area contributed by atoms with Gasteiger partial charge in [0, 0.05) is 23.6 Å². The Morgan fingerprint density at radius 2 is 2.00 bits per heavy atom. The molecule has 5 nitrogen and oxygen atoms in total. The van der Waals surface area contributed by atoms with Gasteiger partial charge < -0.3 is 10.6 Å². The molecule has 0 aliphatic carbocycles. The Labute approximate surface area is 127 Å². The van der Waals surface area contributed by atoms with Crippen molar-refractivity contribution in [3.8, 4) is 0 Å². The maximum Gasteiger partial charge on any atom is 0.237 e. The predicted octanol–water partition coefficient (Wildman–Crippen LogP) is 0.923. The molecular weight excluding hydrogens is 344 g/mol. The average molecular weight is 361 g/mol. The number of amides is 1. The average Bonchev–Trinajstić information content (AvgIpc) is 2.78. The molecule has 20 heavy (non-hydrogen) atoms. The summed E-state index contributed by atoms with van der Waals surface area (Å²) in [6.07, 6.45) is 0.735. The maximum atomic E-state index is 12.0. The molecule has 1 amide bonds. The van der Waals surface area contributed by atoms with Crippen molar-refractivity contribution in [1.29, 1.82) is 0 Å². The minimum absolute atomic E-state index is 0.0341. The lowest BCUT2D eigenvalue weighted by molar-refractivity contribution is -0.127. The van der Waals surface area contributed by atoms with Crippen molar-refractivity contribution in [3.05, 3.63) is 34.3 Å². The molecule has 1 aromatic carbocycles. The van der Waals surface area contributed by atoms with Crippen LogP contribution in [0.1, 0.15) is 12.0 Å². The number of hydrogen-bond acceptors (Lipinski definition) is 4. The zero-order valence-electron chi connectivity index (χ0n) is 11.0. The van der Waals surface area contributed by atoms with Gasteiger partial charge in [0.25, 0.3) is 0 Å². The first-order chi connectivity index (χ1) is 9.35. The lowest BCUT2D eigenvalue weighted by Gasteiger charge is -2.15. The summed E-state index contributed by atoms with van der Waals surface area (Å²) in [6, 6.07) is 7.00. The van der Waals surface area contributed by atoms with Gasteiger partial charge in [-0.1, -0.05) is 28.1 Å². The summed E-state index contributed by atoms with van der Waals surface area (Å²) in [4.78, 5) is 13.5. The maximum absolute atomic E-state index is 12.0. The van der Waals surface area contributed by atoms with Crippen LogP contribution < -0.4 is 5.73 Å². The number of benzene rings is 1. The van der Waals surface area contributed by atoms with Crippen LogP contribution in [-0.2, 0) is 20.4 Å². The van der Waals surface area contributed by atoms with Crippen molar-refractivity contribution in [2.24, 2.45) is 5.73 Å². The van der Waals surface area contributed by atoms with Crippen LogP contribution in [0.3, 0.4) is 0 Å². The molecule has 1 heterocycles. The van der Waals surface area contributed by atoms with Gasteiger partial charge in [0.05, 0.1) is 5.75 Å². The second-order valence-corrected chi connectivity index (χ2v) is 8.03. The van der Waals surface area contributed by atoms with E-state index < -0.39 is 15.6 Å². The van der Waals surface area contributed by atoms with E-state index in [1.54, 1.807) is 24.3 Å². The van der Waals surface area contributed by atoms with Gasteiger partial charge in [-0.25, -0.2) is 8.42 Å². The number of likely N-dealkylation sites (tertiary alicyclic amines) is 1. The minimum Gasteiger partial charge on any atom is -0.340 e. The predicted molar refractivity (Wildman–Crippen MR) is 80.8 cm³/mol. The standard InChI is InChI=1S/C13H17BrN2O3S/c14-11-3-1-10(2-4-11)8-20(18,19)9-13(17)16-6-5-12(15)7-16/h1-4,12H,5-9,15H2/t12-/m1/s1. The number of sulfone groups is 1. The third-order valence-electron chi connectivity index (χ3n) is 3.22. The first kappa shape index (κ1) is 15.5. The third-order valence-corrected chi connectivity index (χ3v) is 5.21. The van der Waals surface area contributed by atoms with Crippen LogP contribution in [0.15, 0.2) is 28.7 Å². The third kappa shape index (κ3) is 4.29. The highest BCUT2D eigenvalue weighted by atomic mass is 79.9. The van der Waals surface area contributed by atoms with E-state index in [9.17, 15) is 13.2 Å². The molecular formula is C13H17BrN2O3S. The topological polar surface area (TPSA) is 80.5 Å². The summed E-state index contributed by atoms with van der Waals surface area (Å²) in [5.41, 5.74) is 6.40. The highest BCUT2D eigenvalue weighted by Gasteiger charge is 2.27. The summed E-state index contributed by atoms with van der Waals surface area (Å²) >= 11 is 3.29. The molecule has 1 saturated heterocycles. The van der Waals surface area contributed by atoms with Gasteiger partial charge in [-0.15, -0.1) is 0 Å². The van der Waals surface area contributed by atoms with E-state index in [2.05, 4.69) is 15.9 Å². The molecule has 0 bridgehead atoms. The SMILES string of the molecule is N[C@@H]1CCN(C(=O)CS(=O)(=O)Cc2ccc(Br)cc2)C1. The van der Waals surface area contributed by atoms with Crippen LogP contribution in [0.4, 0.5) is 0 Å². The molecule has 2 rings (SSSR count). The fourth-order valence-corrected chi connectivity index (χ4v) is 3.80. The molecule has 2 N–H and O–H groups in total. The molecule has 0 aromatic heterocycles. The van der Waals surface area contributed by atoms with E-state index in [0.717, 1.165) is 10.9 Å². The zero-order valence-corrected chi connectivity index (χ0v) is 13.4. The number of carbonyl (C=O) groups excluding carboxylic acids is 1. The van der Waals surface area contributed by atoms with Gasteiger partial charge in [-0.2, -0.15) is 0 Å². The van der Waals surface area contributed by atoms with Gasteiger partial charge in [0.2, 0.25) is 5.91 Å². The van der Waals surface area contributed by atoms with Gasteiger partial charge in [0.15, 0.2) is 9.84 Å². The second-order valence-electron chi connectivity index (χ2n) is 5.05. The molecule has 7 heteroatoms. The monoisotopic (exact) mass is 360 g/mol. The Balaban J connectivity index is 1.97. The summed E-state index contributed by atoms with van der Waals surface area (Å²) < 4.78 is 25.0. The van der Waals surface area contributed by atoms with Crippen LogP contribution in [0.2, 0.25) is 0 Å². The molecule has 0 saturated carbocycles. The lowest BCUT2D eigenvalue weighted by atomic mass is 10.2. The number of nitrogens with zero attached hydrogens (tertiary/aromatic N) is 1. The van der Waals surface area contributed by atoms with Crippen molar-refractivity contribution in [2.45, 2.75) is 18.2 Å². The van der Waals surface area contributed by atoms with Gasteiger partial charge >= 0.3 is 0 Å². The molecule has 0 unspecified atom stereocenters. The van der Waals surface area contributed by atoms with Crippen LogP contribution in [0.5, 0.6) is 0 Å². The molecule has 1 aromatic rings.